The van der Waals surface area contributed by atoms with E-state index in [0.29, 0.717) is 30.4 Å². The zero-order chi connectivity index (χ0) is 28.3. The zero-order valence-electron chi connectivity index (χ0n) is 23.8. The molecule has 208 valence electrons. The summed E-state index contributed by atoms with van der Waals surface area (Å²) in [6, 6.07) is 33.2. The molecule has 3 N–H and O–H groups in total. The summed E-state index contributed by atoms with van der Waals surface area (Å²) in [6.45, 7) is 4.29. The van der Waals surface area contributed by atoms with Crippen molar-refractivity contribution in [1.29, 1.82) is 0 Å². The number of methoxy groups -OCH3 is 2. The van der Waals surface area contributed by atoms with Crippen molar-refractivity contribution in [3.05, 3.63) is 119 Å². The van der Waals surface area contributed by atoms with Crippen molar-refractivity contribution < 1.29 is 23.9 Å². The minimum atomic E-state index is 0.488. The lowest BCUT2D eigenvalue weighted by molar-refractivity contribution is -0.893. The van der Waals surface area contributed by atoms with Gasteiger partial charge in [-0.2, -0.15) is 5.90 Å². The Balaban J connectivity index is 1.46. The third kappa shape index (κ3) is 7.03. The number of nitrogens with one attached hydrogen (secondary N) is 1. The van der Waals surface area contributed by atoms with Crippen molar-refractivity contribution in [3.63, 3.8) is 0 Å². The first-order chi connectivity index (χ1) is 19.6. The number of allylic oxidation sites excluding steroid dienone is 1. The highest BCUT2D eigenvalue weighted by Crippen LogP contribution is 2.35. The maximum absolute atomic E-state index is 6.14. The number of nitrogens with two attached hydrogens (primary N) is 1. The molecule has 0 saturated heterocycles. The van der Waals surface area contributed by atoms with Crippen LogP contribution in [0.25, 0.3) is 11.1 Å². The van der Waals surface area contributed by atoms with Crippen LogP contribution in [0.2, 0.25) is 0 Å². The summed E-state index contributed by atoms with van der Waals surface area (Å²) in [6.07, 6.45) is 0.930. The highest BCUT2D eigenvalue weighted by atomic mass is 16.6. The normalized spacial score (nSPS) is 12.3. The molecule has 4 aromatic rings. The van der Waals surface area contributed by atoms with Crippen molar-refractivity contribution in [2.75, 3.05) is 34.4 Å². The van der Waals surface area contributed by atoms with Crippen LogP contribution < -0.4 is 29.8 Å². The second-order valence-corrected chi connectivity index (χ2v) is 9.62. The first-order valence-corrected chi connectivity index (χ1v) is 13.6. The lowest BCUT2D eigenvalue weighted by Crippen LogP contribution is -3.08. The Kier molecular flexibility index (Phi) is 10.2. The molecule has 0 heterocycles. The molecule has 1 unspecified atom stereocenters. The van der Waals surface area contributed by atoms with Crippen LogP contribution in [0.4, 0.5) is 0 Å². The summed E-state index contributed by atoms with van der Waals surface area (Å²) in [5.74, 6) is 8.04. The minimum absolute atomic E-state index is 0.488. The van der Waals surface area contributed by atoms with E-state index in [1.165, 1.54) is 32.7 Å². The minimum Gasteiger partial charge on any atom is -0.496 e. The van der Waals surface area contributed by atoms with Crippen LogP contribution in [-0.4, -0.2) is 34.4 Å². The summed E-state index contributed by atoms with van der Waals surface area (Å²) in [7, 11) is 5.37. The third-order valence-corrected chi connectivity index (χ3v) is 6.98. The molecular weight excluding hydrogens is 500 g/mol. The van der Waals surface area contributed by atoms with Gasteiger partial charge in [-0.3, -0.25) is 0 Å². The highest BCUT2D eigenvalue weighted by Gasteiger charge is 2.18. The van der Waals surface area contributed by atoms with Gasteiger partial charge in [0.2, 0.25) is 0 Å². The Morgan fingerprint density at radius 2 is 1.27 bits per heavy atom. The van der Waals surface area contributed by atoms with E-state index in [0.717, 1.165) is 24.3 Å². The van der Waals surface area contributed by atoms with Crippen LogP contribution in [0.15, 0.2) is 97.1 Å². The molecule has 6 nitrogen and oxygen atoms in total. The maximum Gasteiger partial charge on any atom is 0.154 e. The molecule has 0 fully saturated rings. The Hall–Kier alpha value is -4.26. The summed E-state index contributed by atoms with van der Waals surface area (Å²) in [5.41, 5.74) is 7.15. The van der Waals surface area contributed by atoms with Crippen LogP contribution in [0.1, 0.15) is 35.6 Å². The number of rotatable bonds is 13. The number of ether oxygens (including phenoxy) is 3. The number of quaternary nitrogens is 1. The molecular formula is C34H39N2O4+. The summed E-state index contributed by atoms with van der Waals surface area (Å²) < 4.78 is 17.3. The second-order valence-electron chi connectivity index (χ2n) is 9.62. The number of hydrogen-bond acceptors (Lipinski definition) is 5. The second kappa shape index (κ2) is 14.2. The zero-order valence-corrected chi connectivity index (χ0v) is 23.8. The largest absolute Gasteiger partial charge is 0.496 e. The molecule has 0 aliphatic carbocycles. The van der Waals surface area contributed by atoms with Gasteiger partial charge >= 0.3 is 0 Å². The fourth-order valence-electron chi connectivity index (χ4n) is 4.94. The molecule has 0 saturated carbocycles. The standard InChI is InChI=1S/C34H38N2O4/c1-5-30(25-12-8-6-9-13-25)34(26-14-10-7-11-15-26)27-16-18-28(19-17-27)39-21-20-36(2)24-31-32(37-3)22-29(40-35)23-33(31)38-4/h6-19,22-23H,5,20-21,24,35H2,1-4H3/p+1. The molecule has 0 radical (unpaired) electrons. The van der Waals surface area contributed by atoms with Crippen molar-refractivity contribution in [3.8, 4) is 23.0 Å². The van der Waals surface area contributed by atoms with E-state index in [-0.39, 0.29) is 0 Å². The van der Waals surface area contributed by atoms with Gasteiger partial charge in [0, 0.05) is 12.1 Å². The number of hydrogen-bond donors (Lipinski definition) is 2. The van der Waals surface area contributed by atoms with Gasteiger partial charge in [0.05, 0.1) is 26.8 Å². The average molecular weight is 540 g/mol. The molecule has 0 aliphatic rings. The smallest absolute Gasteiger partial charge is 0.154 e. The summed E-state index contributed by atoms with van der Waals surface area (Å²) in [5, 5.41) is 0. The van der Waals surface area contributed by atoms with Gasteiger partial charge in [-0.15, -0.1) is 0 Å². The first kappa shape index (κ1) is 28.7. The van der Waals surface area contributed by atoms with Gasteiger partial charge in [0.15, 0.2) is 5.75 Å². The van der Waals surface area contributed by atoms with Crippen LogP contribution in [0, 0.1) is 0 Å². The molecule has 0 aliphatic heterocycles. The molecule has 4 aromatic carbocycles. The first-order valence-electron chi connectivity index (χ1n) is 13.6. The van der Waals surface area contributed by atoms with Gasteiger partial charge in [0.25, 0.3) is 0 Å². The van der Waals surface area contributed by atoms with Gasteiger partial charge in [0.1, 0.15) is 36.9 Å². The summed E-state index contributed by atoms with van der Waals surface area (Å²) >= 11 is 0. The van der Waals surface area contributed by atoms with Crippen LogP contribution in [0.3, 0.4) is 0 Å². The Morgan fingerprint density at radius 1 is 0.725 bits per heavy atom. The molecule has 1 atom stereocenters. The van der Waals surface area contributed by atoms with Crippen molar-refractivity contribution in [1.82, 2.24) is 0 Å². The third-order valence-electron chi connectivity index (χ3n) is 6.98. The molecule has 0 spiro atoms. The van der Waals surface area contributed by atoms with E-state index < -0.39 is 0 Å². The fraction of sp³-hybridized carbons (Fsp3) is 0.235. The maximum atomic E-state index is 6.14. The predicted molar refractivity (Wildman–Crippen MR) is 161 cm³/mol. The number of likely N-dealkylation sites (N-methyl/N-ethyl adjacent to an activating group) is 1. The Bertz CT molecular complexity index is 1360. The Morgan fingerprint density at radius 3 is 1.80 bits per heavy atom. The fourth-order valence-corrected chi connectivity index (χ4v) is 4.94. The lowest BCUT2D eigenvalue weighted by Gasteiger charge is -2.19. The molecule has 0 amide bonds. The van der Waals surface area contributed by atoms with E-state index in [1.54, 1.807) is 26.4 Å². The van der Waals surface area contributed by atoms with Crippen molar-refractivity contribution in [2.24, 2.45) is 5.90 Å². The van der Waals surface area contributed by atoms with Crippen LogP contribution >= 0.6 is 0 Å². The lowest BCUT2D eigenvalue weighted by atomic mass is 9.88. The monoisotopic (exact) mass is 539 g/mol. The quantitative estimate of drug-likeness (QED) is 0.175. The van der Waals surface area contributed by atoms with E-state index in [2.05, 4.69) is 98.9 Å². The highest BCUT2D eigenvalue weighted by molar-refractivity contribution is 5.98. The van der Waals surface area contributed by atoms with Crippen molar-refractivity contribution >= 4 is 11.1 Å². The topological polar surface area (TPSA) is 67.4 Å². The molecule has 6 heteroatoms. The van der Waals surface area contributed by atoms with Crippen LogP contribution in [-0.2, 0) is 6.54 Å². The van der Waals surface area contributed by atoms with Gasteiger partial charge in [-0.1, -0.05) is 79.7 Å². The molecule has 4 rings (SSSR count). The molecule has 0 bridgehead atoms. The SMILES string of the molecule is CCC(=C(c1ccccc1)c1ccc(OCC[NH+](C)Cc2c(OC)cc(ON)cc2OC)cc1)c1ccccc1. The van der Waals surface area contributed by atoms with E-state index >= 15 is 0 Å². The van der Waals surface area contributed by atoms with Crippen LogP contribution in [0.5, 0.6) is 23.0 Å². The molecule has 0 aromatic heterocycles. The van der Waals surface area contributed by atoms with E-state index in [4.69, 9.17) is 24.9 Å². The van der Waals surface area contributed by atoms with Crippen molar-refractivity contribution in [2.45, 2.75) is 19.9 Å². The number of benzene rings is 4. The average Bonchev–Trinajstić information content (AvgIpc) is 3.01. The predicted octanol–water partition coefficient (Wildman–Crippen LogP) is 5.42. The van der Waals surface area contributed by atoms with E-state index in [1.807, 2.05) is 0 Å². The Labute approximate surface area is 237 Å². The van der Waals surface area contributed by atoms with E-state index in [9.17, 15) is 0 Å². The van der Waals surface area contributed by atoms with Gasteiger partial charge < -0.3 is 23.9 Å². The molecule has 40 heavy (non-hydrogen) atoms. The van der Waals surface area contributed by atoms with Gasteiger partial charge in [-0.25, -0.2) is 0 Å². The summed E-state index contributed by atoms with van der Waals surface area (Å²) in [4.78, 5) is 6.12. The van der Waals surface area contributed by atoms with Gasteiger partial charge in [-0.05, 0) is 46.4 Å².